The number of likely N-dealkylation sites (tertiary alicyclic amines) is 1. The summed E-state index contributed by atoms with van der Waals surface area (Å²) >= 11 is 0. The highest BCUT2D eigenvalue weighted by Crippen LogP contribution is 2.21. The van der Waals surface area contributed by atoms with Crippen LogP contribution in [0.25, 0.3) is 0 Å². The highest BCUT2D eigenvalue weighted by Gasteiger charge is 2.40. The molecule has 0 spiro atoms. The predicted octanol–water partition coefficient (Wildman–Crippen LogP) is -2.12. The molecule has 1 aliphatic rings. The van der Waals surface area contributed by atoms with Crippen LogP contribution in [0.4, 0.5) is 0 Å². The second-order valence-corrected chi connectivity index (χ2v) is 16.7. The largest absolute Gasteiger partial charge is 0.508 e. The number of hydrogen-bond donors (Lipinski definition) is 12. The molecule has 0 bridgehead atoms. The highest BCUT2D eigenvalue weighted by molar-refractivity contribution is 5.98. The molecule has 1 saturated heterocycles. The van der Waals surface area contributed by atoms with E-state index in [1.807, 2.05) is 0 Å². The molecule has 23 heteroatoms. The number of aromatic nitrogens is 2. The Balaban J connectivity index is 1.91. The van der Waals surface area contributed by atoms with Crippen LogP contribution in [0.3, 0.4) is 0 Å². The maximum absolute atomic E-state index is 14.4. The third kappa shape index (κ3) is 16.7. The number of hydrogen-bond acceptors (Lipinski definition) is 12. The van der Waals surface area contributed by atoms with Gasteiger partial charge in [-0.05, 0) is 69.2 Å². The number of nitrogens with two attached hydrogens (primary N) is 2. The molecule has 2 heterocycles. The van der Waals surface area contributed by atoms with Crippen molar-refractivity contribution in [2.75, 3.05) is 26.7 Å². The number of likely N-dealkylation sites (N-methyl/N-ethyl adjacent to an activating group) is 1. The van der Waals surface area contributed by atoms with E-state index in [1.54, 1.807) is 46.9 Å². The van der Waals surface area contributed by atoms with E-state index in [-0.39, 0.29) is 57.0 Å². The van der Waals surface area contributed by atoms with Gasteiger partial charge in [-0.2, -0.15) is 0 Å². The SMILES string of the molecule is CCC(C)[C@H](NC(=O)[C@H](Cc1ccc(O)cc1)NC(=O)[C@@H](NC(=O)[C@H](CCCN=C(N)N)NC(=O)CNC)C(C)C)C(=O)N[C@@H](Cc1cnc[nH]1)C(=O)N1CCCC1C(=O)N[C@H](C)C(=O)O. The number of H-pyrrole nitrogens is 1. The van der Waals surface area contributed by atoms with Gasteiger partial charge < -0.3 is 68.8 Å². The van der Waals surface area contributed by atoms with E-state index in [9.17, 15) is 48.6 Å². The Labute approximate surface area is 383 Å². The van der Waals surface area contributed by atoms with Crippen molar-refractivity contribution >= 4 is 53.3 Å². The Kier molecular flexibility index (Phi) is 21.3. The summed E-state index contributed by atoms with van der Waals surface area (Å²) in [5.74, 6) is -7.10. The molecule has 1 aromatic carbocycles. The van der Waals surface area contributed by atoms with Crippen LogP contribution in [0.15, 0.2) is 41.8 Å². The summed E-state index contributed by atoms with van der Waals surface area (Å²) in [6, 6.07) is -2.40. The normalized spacial score (nSPS) is 16.6. The van der Waals surface area contributed by atoms with E-state index in [0.29, 0.717) is 30.5 Å². The summed E-state index contributed by atoms with van der Waals surface area (Å²) in [5, 5.41) is 38.1. The van der Waals surface area contributed by atoms with Gasteiger partial charge in [0, 0.05) is 37.8 Å². The zero-order valence-electron chi connectivity index (χ0n) is 38.4. The molecule has 8 atom stereocenters. The lowest BCUT2D eigenvalue weighted by atomic mass is 9.96. The molecular weight excluding hydrogens is 859 g/mol. The average Bonchev–Trinajstić information content (AvgIpc) is 3.98. The van der Waals surface area contributed by atoms with Crippen LogP contribution in [0.1, 0.15) is 78.0 Å². The van der Waals surface area contributed by atoms with E-state index in [1.165, 1.54) is 36.5 Å². The first-order valence-corrected chi connectivity index (χ1v) is 22.1. The summed E-state index contributed by atoms with van der Waals surface area (Å²) in [5.41, 5.74) is 11.9. The molecular formula is C43H67N13O10. The van der Waals surface area contributed by atoms with Crippen LogP contribution >= 0.6 is 0 Å². The molecule has 2 unspecified atom stereocenters. The summed E-state index contributed by atoms with van der Waals surface area (Å²) in [6.07, 6.45) is 4.25. The quantitative estimate of drug-likeness (QED) is 0.0273. The third-order valence-electron chi connectivity index (χ3n) is 11.1. The van der Waals surface area contributed by atoms with Gasteiger partial charge in [-0.3, -0.25) is 43.3 Å². The zero-order chi connectivity index (χ0) is 49.1. The number of imidazole rings is 1. The van der Waals surface area contributed by atoms with Gasteiger partial charge in [0.25, 0.3) is 0 Å². The van der Waals surface area contributed by atoms with Crippen molar-refractivity contribution in [3.63, 3.8) is 0 Å². The minimum absolute atomic E-state index is 0.0375. The monoisotopic (exact) mass is 926 g/mol. The van der Waals surface area contributed by atoms with E-state index in [0.717, 1.165) is 0 Å². The van der Waals surface area contributed by atoms with E-state index in [4.69, 9.17) is 11.5 Å². The van der Waals surface area contributed by atoms with E-state index < -0.39 is 101 Å². The summed E-state index contributed by atoms with van der Waals surface area (Å²) in [7, 11) is 1.57. The van der Waals surface area contributed by atoms with Gasteiger partial charge in [0.2, 0.25) is 41.4 Å². The molecule has 14 N–H and O–H groups in total. The van der Waals surface area contributed by atoms with Crippen LogP contribution in [0.5, 0.6) is 5.75 Å². The number of rotatable bonds is 26. The fourth-order valence-corrected chi connectivity index (χ4v) is 7.21. The predicted molar refractivity (Wildman–Crippen MR) is 242 cm³/mol. The van der Waals surface area contributed by atoms with Crippen molar-refractivity contribution in [3.05, 3.63) is 48.0 Å². The number of nitrogens with zero attached hydrogens (tertiary/aromatic N) is 3. The molecule has 1 fully saturated rings. The fourth-order valence-electron chi connectivity index (χ4n) is 7.21. The van der Waals surface area contributed by atoms with Crippen molar-refractivity contribution in [3.8, 4) is 5.75 Å². The summed E-state index contributed by atoms with van der Waals surface area (Å²) in [4.78, 5) is 120. The smallest absolute Gasteiger partial charge is 0.325 e. The molecule has 3 rings (SSSR count). The lowest BCUT2D eigenvalue weighted by molar-refractivity contribution is -0.144. The number of phenolic OH excluding ortho intramolecular Hbond substituents is 1. The maximum Gasteiger partial charge on any atom is 0.325 e. The molecule has 23 nitrogen and oxygen atoms in total. The lowest BCUT2D eigenvalue weighted by Gasteiger charge is -2.32. The van der Waals surface area contributed by atoms with E-state index in [2.05, 4.69) is 52.2 Å². The van der Waals surface area contributed by atoms with Gasteiger partial charge in [-0.15, -0.1) is 0 Å². The third-order valence-corrected chi connectivity index (χ3v) is 11.1. The number of carboxylic acid groups (broad SMARTS) is 1. The van der Waals surface area contributed by atoms with Crippen molar-refractivity contribution in [1.29, 1.82) is 0 Å². The molecule has 7 amide bonds. The molecule has 1 aliphatic heterocycles. The number of carboxylic acids is 1. The number of aromatic amines is 1. The number of phenols is 1. The number of guanidine groups is 1. The fraction of sp³-hybridized carbons (Fsp3) is 0.581. The first-order chi connectivity index (χ1) is 31.2. The van der Waals surface area contributed by atoms with Crippen molar-refractivity contribution in [1.82, 2.24) is 52.1 Å². The number of amides is 7. The number of nitrogens with one attached hydrogen (secondary N) is 8. The van der Waals surface area contributed by atoms with Crippen LogP contribution in [-0.2, 0) is 51.2 Å². The Morgan fingerprint density at radius 2 is 1.48 bits per heavy atom. The minimum atomic E-state index is -1.34. The maximum atomic E-state index is 14.4. The first kappa shape index (κ1) is 53.6. The van der Waals surface area contributed by atoms with Gasteiger partial charge in [0.15, 0.2) is 5.96 Å². The van der Waals surface area contributed by atoms with Gasteiger partial charge in [-0.1, -0.05) is 46.2 Å². The minimum Gasteiger partial charge on any atom is -0.508 e. The van der Waals surface area contributed by atoms with Crippen molar-refractivity contribution < 1.29 is 48.6 Å². The molecule has 66 heavy (non-hydrogen) atoms. The van der Waals surface area contributed by atoms with Crippen molar-refractivity contribution in [2.24, 2.45) is 28.3 Å². The Morgan fingerprint density at radius 3 is 2.08 bits per heavy atom. The molecule has 1 aromatic heterocycles. The van der Waals surface area contributed by atoms with Gasteiger partial charge in [0.05, 0.1) is 12.9 Å². The lowest BCUT2D eigenvalue weighted by Crippen LogP contribution is -2.62. The summed E-state index contributed by atoms with van der Waals surface area (Å²) in [6.45, 7) is 8.47. The zero-order valence-corrected chi connectivity index (χ0v) is 38.4. The number of carbonyl (C=O) groups is 8. The topological polar surface area (TPSA) is 358 Å². The Hall–Kier alpha value is -6.78. The van der Waals surface area contributed by atoms with Crippen LogP contribution in [0, 0.1) is 11.8 Å². The molecule has 364 valence electrons. The highest BCUT2D eigenvalue weighted by atomic mass is 16.4. The van der Waals surface area contributed by atoms with Crippen LogP contribution < -0.4 is 48.7 Å². The average molecular weight is 926 g/mol. The molecule has 0 aliphatic carbocycles. The van der Waals surface area contributed by atoms with E-state index >= 15 is 0 Å². The number of aliphatic carboxylic acids is 1. The number of carbonyl (C=O) groups excluding carboxylic acids is 7. The number of aliphatic imine (C=N–C) groups is 1. The van der Waals surface area contributed by atoms with Crippen LogP contribution in [0.2, 0.25) is 0 Å². The van der Waals surface area contributed by atoms with Gasteiger partial charge >= 0.3 is 5.97 Å². The Bertz CT molecular complexity index is 1990. The number of benzene rings is 1. The second kappa shape index (κ2) is 26.2. The molecule has 0 radical (unpaired) electrons. The van der Waals surface area contributed by atoms with Gasteiger partial charge in [0.1, 0.15) is 48.0 Å². The first-order valence-electron chi connectivity index (χ1n) is 22.1. The molecule has 0 saturated carbocycles. The Morgan fingerprint density at radius 1 is 0.848 bits per heavy atom. The van der Waals surface area contributed by atoms with Crippen molar-refractivity contribution in [2.45, 2.75) is 122 Å². The van der Waals surface area contributed by atoms with Crippen LogP contribution in [-0.4, -0.2) is 147 Å². The number of aromatic hydroxyl groups is 1. The standard InChI is InChI=1S/C43H67N13O10/c1-7-24(4)35(40(63)53-31(19-27-20-47-22-49-27)41(64)56-17-9-11-32(56)38(61)50-25(5)42(65)66)55-37(60)30(18-26-12-14-28(57)15-13-26)52-39(62)34(23(2)3)54-36(59)29(51-33(58)21-46-6)10-8-16-48-43(44)45/h12-15,20,22-25,29-32,34-35,46,57H,7-11,16-19,21H2,1-6H3,(H,47,49)(H,50,61)(H,51,58)(H,52,62)(H,53,63)(H,54,59)(H,55,60)(H,65,66)(H4,44,45,48)/t24?,25-,29+,30+,31+,32?,34+,35+/m1/s1. The second-order valence-electron chi connectivity index (χ2n) is 16.7. The van der Waals surface area contributed by atoms with Gasteiger partial charge in [-0.25, -0.2) is 4.98 Å². The summed E-state index contributed by atoms with van der Waals surface area (Å²) < 4.78 is 0. The molecule has 2 aromatic rings.